The molecule has 2 rings (SSSR count). The second-order valence-corrected chi connectivity index (χ2v) is 4.48. The van der Waals surface area contributed by atoms with Crippen molar-refractivity contribution in [3.8, 4) is 11.8 Å². The standard InChI is InChI=1S/C16H14N2O2/c1-11(13-7-5-12(10-17)6-8-13)18-16(20)14-3-2-4-15(19)9-14/h2-9,11,19H,1H3,(H,18,20)/t11-/m1/s1. The number of rotatable bonds is 3. The summed E-state index contributed by atoms with van der Waals surface area (Å²) in [7, 11) is 0. The molecule has 0 aliphatic rings. The highest BCUT2D eigenvalue weighted by atomic mass is 16.3. The van der Waals surface area contributed by atoms with Crippen LogP contribution in [0.25, 0.3) is 0 Å². The smallest absolute Gasteiger partial charge is 0.251 e. The molecule has 4 heteroatoms. The SMILES string of the molecule is C[C@@H](NC(=O)c1cccc(O)c1)c1ccc(C#N)cc1. The first-order valence-corrected chi connectivity index (χ1v) is 6.20. The van der Waals surface area contributed by atoms with E-state index in [0.717, 1.165) is 5.56 Å². The molecule has 1 atom stereocenters. The Bertz CT molecular complexity index is 657. The number of benzene rings is 2. The Kier molecular flexibility index (Phi) is 4.02. The van der Waals surface area contributed by atoms with Crippen molar-refractivity contribution in [1.29, 1.82) is 5.26 Å². The quantitative estimate of drug-likeness (QED) is 0.897. The highest BCUT2D eigenvalue weighted by Crippen LogP contribution is 2.15. The fraction of sp³-hybridized carbons (Fsp3) is 0.125. The number of nitriles is 1. The number of nitrogens with one attached hydrogen (secondary N) is 1. The summed E-state index contributed by atoms with van der Waals surface area (Å²) in [5.74, 6) is -0.193. The Morgan fingerprint density at radius 1 is 1.25 bits per heavy atom. The Hall–Kier alpha value is -2.80. The van der Waals surface area contributed by atoms with Crippen molar-refractivity contribution in [3.05, 3.63) is 65.2 Å². The van der Waals surface area contributed by atoms with Crippen LogP contribution in [0.1, 0.15) is 34.5 Å². The molecule has 0 heterocycles. The highest BCUT2D eigenvalue weighted by molar-refractivity contribution is 5.94. The molecule has 0 aromatic heterocycles. The third kappa shape index (κ3) is 3.15. The summed E-state index contributed by atoms with van der Waals surface area (Å²) in [4.78, 5) is 12.0. The van der Waals surface area contributed by atoms with E-state index >= 15 is 0 Å². The maximum Gasteiger partial charge on any atom is 0.251 e. The number of carbonyl (C=O) groups is 1. The molecule has 0 saturated carbocycles. The number of phenols is 1. The van der Waals surface area contributed by atoms with Crippen molar-refractivity contribution >= 4 is 5.91 Å². The van der Waals surface area contributed by atoms with Crippen LogP contribution in [-0.4, -0.2) is 11.0 Å². The van der Waals surface area contributed by atoms with Crippen molar-refractivity contribution in [2.45, 2.75) is 13.0 Å². The molecule has 1 amide bonds. The second kappa shape index (κ2) is 5.89. The van der Waals surface area contributed by atoms with Crippen LogP contribution in [0.3, 0.4) is 0 Å². The molecule has 2 aromatic rings. The summed E-state index contributed by atoms with van der Waals surface area (Å²) in [6, 6.07) is 15.1. The molecule has 2 aromatic carbocycles. The van der Waals surface area contributed by atoms with Crippen molar-refractivity contribution in [3.63, 3.8) is 0 Å². The number of phenolic OH excluding ortho intramolecular Hbond substituents is 1. The lowest BCUT2D eigenvalue weighted by molar-refractivity contribution is 0.0939. The first-order chi connectivity index (χ1) is 9.60. The zero-order valence-electron chi connectivity index (χ0n) is 11.0. The van der Waals surface area contributed by atoms with Crippen molar-refractivity contribution in [2.24, 2.45) is 0 Å². The molecule has 0 radical (unpaired) electrons. The van der Waals surface area contributed by atoms with Gasteiger partial charge in [-0.05, 0) is 42.8 Å². The molecule has 20 heavy (non-hydrogen) atoms. The summed E-state index contributed by atoms with van der Waals surface area (Å²) in [6.07, 6.45) is 0. The Labute approximate surface area is 117 Å². The lowest BCUT2D eigenvalue weighted by atomic mass is 10.1. The van der Waals surface area contributed by atoms with Gasteiger partial charge in [0.2, 0.25) is 0 Å². The maximum absolute atomic E-state index is 12.0. The Morgan fingerprint density at radius 3 is 2.55 bits per heavy atom. The van der Waals surface area contributed by atoms with Crippen LogP contribution >= 0.6 is 0 Å². The average molecular weight is 266 g/mol. The van der Waals surface area contributed by atoms with E-state index in [0.29, 0.717) is 11.1 Å². The number of carbonyl (C=O) groups excluding carboxylic acids is 1. The van der Waals surface area contributed by atoms with Gasteiger partial charge in [0.15, 0.2) is 0 Å². The average Bonchev–Trinajstić information content (AvgIpc) is 2.47. The molecule has 4 nitrogen and oxygen atoms in total. The fourth-order valence-electron chi connectivity index (χ4n) is 1.86. The fourth-order valence-corrected chi connectivity index (χ4v) is 1.86. The van der Waals surface area contributed by atoms with Gasteiger partial charge in [0, 0.05) is 5.56 Å². The van der Waals surface area contributed by atoms with E-state index in [1.54, 1.807) is 24.3 Å². The lowest BCUT2D eigenvalue weighted by Crippen LogP contribution is -2.26. The first kappa shape index (κ1) is 13.6. The van der Waals surface area contributed by atoms with Crippen LogP contribution in [0.5, 0.6) is 5.75 Å². The summed E-state index contributed by atoms with van der Waals surface area (Å²) >= 11 is 0. The zero-order chi connectivity index (χ0) is 14.5. The van der Waals surface area contributed by atoms with Crippen LogP contribution in [0.2, 0.25) is 0 Å². The van der Waals surface area contributed by atoms with E-state index in [4.69, 9.17) is 5.26 Å². The largest absolute Gasteiger partial charge is 0.508 e. The number of hydrogen-bond donors (Lipinski definition) is 2. The molecule has 2 N–H and O–H groups in total. The highest BCUT2D eigenvalue weighted by Gasteiger charge is 2.11. The van der Waals surface area contributed by atoms with Gasteiger partial charge in [-0.1, -0.05) is 18.2 Å². The van der Waals surface area contributed by atoms with Gasteiger partial charge in [-0.3, -0.25) is 4.79 Å². The summed E-state index contributed by atoms with van der Waals surface area (Å²) < 4.78 is 0. The molecular weight excluding hydrogens is 252 g/mol. The Morgan fingerprint density at radius 2 is 1.95 bits per heavy atom. The van der Waals surface area contributed by atoms with Crippen LogP contribution < -0.4 is 5.32 Å². The van der Waals surface area contributed by atoms with Crippen molar-refractivity contribution in [2.75, 3.05) is 0 Å². The van der Waals surface area contributed by atoms with Gasteiger partial charge in [-0.25, -0.2) is 0 Å². The van der Waals surface area contributed by atoms with Crippen LogP contribution in [0.4, 0.5) is 0 Å². The van der Waals surface area contributed by atoms with Gasteiger partial charge < -0.3 is 10.4 Å². The molecular formula is C16H14N2O2. The first-order valence-electron chi connectivity index (χ1n) is 6.20. The van der Waals surface area contributed by atoms with Gasteiger partial charge >= 0.3 is 0 Å². The van der Waals surface area contributed by atoms with Crippen molar-refractivity contribution in [1.82, 2.24) is 5.32 Å². The summed E-state index contributed by atoms with van der Waals surface area (Å²) in [5.41, 5.74) is 1.91. The molecule has 0 bridgehead atoms. The molecule has 0 fully saturated rings. The van der Waals surface area contributed by atoms with Gasteiger partial charge in [-0.2, -0.15) is 5.26 Å². The molecule has 0 saturated heterocycles. The third-order valence-electron chi connectivity index (χ3n) is 3.00. The number of amides is 1. The van der Waals surface area contributed by atoms with E-state index in [-0.39, 0.29) is 17.7 Å². The second-order valence-electron chi connectivity index (χ2n) is 4.48. The topological polar surface area (TPSA) is 73.1 Å². The minimum atomic E-state index is -0.252. The summed E-state index contributed by atoms with van der Waals surface area (Å²) in [6.45, 7) is 1.86. The molecule has 0 aliphatic carbocycles. The molecule has 100 valence electrons. The van der Waals surface area contributed by atoms with Gasteiger partial charge in [-0.15, -0.1) is 0 Å². The van der Waals surface area contributed by atoms with Gasteiger partial charge in [0.25, 0.3) is 5.91 Å². The van der Waals surface area contributed by atoms with E-state index in [1.807, 2.05) is 19.1 Å². The minimum Gasteiger partial charge on any atom is -0.508 e. The van der Waals surface area contributed by atoms with Crippen LogP contribution in [0.15, 0.2) is 48.5 Å². The Balaban J connectivity index is 2.09. The molecule has 0 aliphatic heterocycles. The van der Waals surface area contributed by atoms with Crippen LogP contribution in [0, 0.1) is 11.3 Å². The normalized spacial score (nSPS) is 11.4. The summed E-state index contributed by atoms with van der Waals surface area (Å²) in [5, 5.41) is 20.9. The number of nitrogens with zero attached hydrogens (tertiary/aromatic N) is 1. The lowest BCUT2D eigenvalue weighted by Gasteiger charge is -2.14. The van der Waals surface area contributed by atoms with E-state index in [9.17, 15) is 9.90 Å². The number of hydrogen-bond acceptors (Lipinski definition) is 3. The van der Waals surface area contributed by atoms with Crippen molar-refractivity contribution < 1.29 is 9.90 Å². The predicted molar refractivity (Wildman–Crippen MR) is 75.1 cm³/mol. The van der Waals surface area contributed by atoms with E-state index < -0.39 is 0 Å². The monoisotopic (exact) mass is 266 g/mol. The maximum atomic E-state index is 12.0. The molecule has 0 spiro atoms. The van der Waals surface area contributed by atoms with E-state index in [1.165, 1.54) is 12.1 Å². The molecule has 0 unspecified atom stereocenters. The van der Waals surface area contributed by atoms with Crippen LogP contribution in [-0.2, 0) is 0 Å². The van der Waals surface area contributed by atoms with Gasteiger partial charge in [0.1, 0.15) is 5.75 Å². The van der Waals surface area contributed by atoms with Gasteiger partial charge in [0.05, 0.1) is 17.7 Å². The number of aromatic hydroxyl groups is 1. The van der Waals surface area contributed by atoms with E-state index in [2.05, 4.69) is 11.4 Å². The predicted octanol–water partition coefficient (Wildman–Crippen LogP) is 2.75. The third-order valence-corrected chi connectivity index (χ3v) is 3.00. The zero-order valence-corrected chi connectivity index (χ0v) is 11.0. The minimum absolute atomic E-state index is 0.0590.